The molecule has 0 radical (unpaired) electrons. The highest BCUT2D eigenvalue weighted by Crippen LogP contribution is 2.29. The molecule has 1 amide bonds. The summed E-state index contributed by atoms with van der Waals surface area (Å²) in [5.41, 5.74) is 0.720. The van der Waals surface area contributed by atoms with E-state index in [9.17, 15) is 23.1 Å². The summed E-state index contributed by atoms with van der Waals surface area (Å²) in [5, 5.41) is 11.1. The summed E-state index contributed by atoms with van der Waals surface area (Å²) in [6.45, 7) is 13.4. The number of amides is 1. The molecule has 8 heteroatoms. The number of fused-ring (bicyclic) bond motifs is 1. The van der Waals surface area contributed by atoms with E-state index in [2.05, 4.69) is 13.8 Å². The van der Waals surface area contributed by atoms with Crippen LogP contribution < -0.4 is 4.90 Å². The third kappa shape index (κ3) is 7.37. The van der Waals surface area contributed by atoms with Gasteiger partial charge < -0.3 is 10.0 Å². The van der Waals surface area contributed by atoms with Crippen molar-refractivity contribution in [3.63, 3.8) is 0 Å². The van der Waals surface area contributed by atoms with Gasteiger partial charge >= 0.3 is 0 Å². The van der Waals surface area contributed by atoms with E-state index in [1.54, 1.807) is 36.9 Å². The summed E-state index contributed by atoms with van der Waals surface area (Å²) in [7, 11) is -4.04. The van der Waals surface area contributed by atoms with Gasteiger partial charge in [-0.15, -0.1) is 0 Å². The van der Waals surface area contributed by atoms with Crippen LogP contribution in [0.25, 0.3) is 10.8 Å². The fourth-order valence-electron chi connectivity index (χ4n) is 4.28. The summed E-state index contributed by atoms with van der Waals surface area (Å²) in [6, 6.07) is 9.56. The maximum Gasteiger partial charge on any atom is 0.243 e. The first-order chi connectivity index (χ1) is 16.8. The molecule has 2 aromatic rings. The van der Waals surface area contributed by atoms with E-state index in [0.29, 0.717) is 24.3 Å². The topological polar surface area (TPSA) is 95.0 Å². The number of anilines is 1. The molecule has 200 valence electrons. The van der Waals surface area contributed by atoms with Crippen molar-refractivity contribution in [1.29, 1.82) is 0 Å². The molecule has 2 rings (SSSR count). The third-order valence-corrected chi connectivity index (χ3v) is 8.25. The highest BCUT2D eigenvalue weighted by atomic mass is 32.2. The van der Waals surface area contributed by atoms with Crippen LogP contribution >= 0.6 is 0 Å². The Morgan fingerprint density at radius 3 is 1.97 bits per heavy atom. The summed E-state index contributed by atoms with van der Waals surface area (Å²) in [4.78, 5) is 26.8. The van der Waals surface area contributed by atoms with Crippen LogP contribution in [-0.2, 0) is 19.6 Å². The number of aliphatic hydroxyl groups excluding tert-OH is 1. The van der Waals surface area contributed by atoms with Crippen LogP contribution in [0.15, 0.2) is 41.3 Å². The zero-order chi connectivity index (χ0) is 27.2. The lowest BCUT2D eigenvalue weighted by molar-refractivity contribution is -0.126. The minimum atomic E-state index is -4.04. The van der Waals surface area contributed by atoms with Gasteiger partial charge in [0.05, 0.1) is 10.9 Å². The van der Waals surface area contributed by atoms with Gasteiger partial charge in [0.2, 0.25) is 15.9 Å². The van der Waals surface area contributed by atoms with Gasteiger partial charge in [0.25, 0.3) is 0 Å². The van der Waals surface area contributed by atoms with E-state index in [0.717, 1.165) is 17.5 Å². The van der Waals surface area contributed by atoms with E-state index in [1.165, 1.54) is 11.2 Å². The number of Topliss-reactive ketones (excluding diaryl/α,β-unsaturated/α-hetero) is 1. The lowest BCUT2D eigenvalue weighted by atomic mass is 9.99. The number of carbonyl (C=O) groups is 2. The molecule has 0 spiro atoms. The zero-order valence-electron chi connectivity index (χ0n) is 22.7. The first kappa shape index (κ1) is 29.9. The maximum absolute atomic E-state index is 13.9. The molecule has 36 heavy (non-hydrogen) atoms. The van der Waals surface area contributed by atoms with E-state index in [1.807, 2.05) is 32.0 Å². The van der Waals surface area contributed by atoms with Crippen LogP contribution in [0, 0.1) is 17.8 Å². The van der Waals surface area contributed by atoms with Gasteiger partial charge in [0.1, 0.15) is 6.61 Å². The molecule has 0 heterocycles. The van der Waals surface area contributed by atoms with E-state index in [-0.39, 0.29) is 29.2 Å². The number of benzene rings is 2. The highest BCUT2D eigenvalue weighted by Gasteiger charge is 2.37. The van der Waals surface area contributed by atoms with Crippen LogP contribution in [0.2, 0.25) is 0 Å². The Hall–Kier alpha value is -2.29. The molecule has 0 aliphatic rings. The molecule has 1 atom stereocenters. The molecule has 0 saturated carbocycles. The van der Waals surface area contributed by atoms with Crippen molar-refractivity contribution in [2.75, 3.05) is 24.6 Å². The fraction of sp³-hybridized carbons (Fsp3) is 0.571. The minimum absolute atomic E-state index is 0.0686. The largest absolute Gasteiger partial charge is 0.389 e. The van der Waals surface area contributed by atoms with Crippen molar-refractivity contribution >= 4 is 38.2 Å². The van der Waals surface area contributed by atoms with Gasteiger partial charge in [0, 0.05) is 25.7 Å². The number of ketones is 1. The predicted molar refractivity (Wildman–Crippen MR) is 145 cm³/mol. The normalized spacial score (nSPS) is 13.2. The van der Waals surface area contributed by atoms with Gasteiger partial charge in [-0.1, -0.05) is 53.7 Å². The maximum atomic E-state index is 13.9. The van der Waals surface area contributed by atoms with Gasteiger partial charge in [-0.3, -0.25) is 9.59 Å². The molecule has 2 aromatic carbocycles. The van der Waals surface area contributed by atoms with Gasteiger partial charge in [-0.2, -0.15) is 4.31 Å². The summed E-state index contributed by atoms with van der Waals surface area (Å²) < 4.78 is 29.0. The Kier molecular flexibility index (Phi) is 10.6. The Morgan fingerprint density at radius 2 is 1.44 bits per heavy atom. The number of hydrogen-bond donors (Lipinski definition) is 1. The van der Waals surface area contributed by atoms with E-state index >= 15 is 0 Å². The van der Waals surface area contributed by atoms with Crippen LogP contribution in [0.1, 0.15) is 61.3 Å². The number of rotatable bonds is 13. The summed E-state index contributed by atoms with van der Waals surface area (Å²) in [5.74, 6) is -0.203. The van der Waals surface area contributed by atoms with Crippen molar-refractivity contribution in [2.24, 2.45) is 17.8 Å². The minimum Gasteiger partial charge on any atom is -0.389 e. The predicted octanol–water partition coefficient (Wildman–Crippen LogP) is 4.86. The fourth-order valence-corrected chi connectivity index (χ4v) is 6.08. The molecule has 7 nitrogen and oxygen atoms in total. The third-order valence-electron chi connectivity index (χ3n) is 6.38. The van der Waals surface area contributed by atoms with Crippen molar-refractivity contribution in [2.45, 2.75) is 72.2 Å². The molecular weight excluding hydrogens is 476 g/mol. The molecule has 0 saturated heterocycles. The van der Waals surface area contributed by atoms with Crippen LogP contribution in [-0.4, -0.2) is 55.3 Å². The Balaban J connectivity index is 2.58. The first-order valence-corrected chi connectivity index (χ1v) is 14.2. The number of carbonyl (C=O) groups excluding carboxylic acids is 2. The molecular formula is C28H42N2O5S. The molecule has 0 bridgehead atoms. The van der Waals surface area contributed by atoms with Crippen LogP contribution in [0.5, 0.6) is 0 Å². The van der Waals surface area contributed by atoms with Crippen LogP contribution in [0.4, 0.5) is 5.69 Å². The standard InChI is InChI=1S/C28H42N2O5S/c1-19(2)12-14-29(22(7)32)25-10-8-23-9-11-26(17-24(23)16-25)36(34,35)30(15-13-20(3)4)28(21(5)6)27(33)18-31/h8-11,16-17,19-21,28,31H,12-15,18H2,1-7H3. The molecule has 0 aliphatic carbocycles. The SMILES string of the molecule is CC(=O)N(CCC(C)C)c1ccc2ccc(S(=O)(=O)N(CCC(C)C)C(C(=O)CO)C(C)C)cc2c1. The monoisotopic (exact) mass is 518 g/mol. The Morgan fingerprint density at radius 1 is 0.861 bits per heavy atom. The highest BCUT2D eigenvalue weighted by molar-refractivity contribution is 7.89. The zero-order valence-corrected chi connectivity index (χ0v) is 23.5. The van der Waals surface area contributed by atoms with Crippen LogP contribution in [0.3, 0.4) is 0 Å². The van der Waals surface area contributed by atoms with E-state index < -0.39 is 28.5 Å². The second-order valence-corrected chi connectivity index (χ2v) is 12.5. The Bertz CT molecular complexity index is 1160. The molecule has 0 aromatic heterocycles. The molecule has 0 fully saturated rings. The lowest BCUT2D eigenvalue weighted by Crippen LogP contribution is -2.49. The van der Waals surface area contributed by atoms with Gasteiger partial charge in [-0.05, 0) is 65.6 Å². The molecule has 0 aliphatic heterocycles. The molecule has 1 unspecified atom stereocenters. The molecule has 1 N–H and O–H groups in total. The Labute approximate surface area is 216 Å². The number of nitrogens with zero attached hydrogens (tertiary/aromatic N) is 2. The van der Waals surface area contributed by atoms with Crippen molar-refractivity contribution in [3.8, 4) is 0 Å². The van der Waals surface area contributed by atoms with Gasteiger partial charge in [0.15, 0.2) is 5.78 Å². The lowest BCUT2D eigenvalue weighted by Gasteiger charge is -2.32. The average molecular weight is 519 g/mol. The van der Waals surface area contributed by atoms with Gasteiger partial charge in [-0.25, -0.2) is 8.42 Å². The summed E-state index contributed by atoms with van der Waals surface area (Å²) in [6.07, 6.45) is 1.44. The van der Waals surface area contributed by atoms with Crippen molar-refractivity contribution < 1.29 is 23.1 Å². The second-order valence-electron chi connectivity index (χ2n) is 10.7. The number of sulfonamides is 1. The van der Waals surface area contributed by atoms with Crippen molar-refractivity contribution in [3.05, 3.63) is 36.4 Å². The summed E-state index contributed by atoms with van der Waals surface area (Å²) >= 11 is 0. The quantitative estimate of drug-likeness (QED) is 0.409. The number of aliphatic hydroxyl groups is 1. The number of hydrogen-bond acceptors (Lipinski definition) is 5. The smallest absolute Gasteiger partial charge is 0.243 e. The van der Waals surface area contributed by atoms with Crippen molar-refractivity contribution in [1.82, 2.24) is 4.31 Å². The first-order valence-electron chi connectivity index (χ1n) is 12.8. The average Bonchev–Trinajstić information content (AvgIpc) is 2.79. The second kappa shape index (κ2) is 12.8. The van der Waals surface area contributed by atoms with E-state index in [4.69, 9.17) is 0 Å².